The van der Waals surface area contributed by atoms with E-state index in [4.69, 9.17) is 14.2 Å². The van der Waals surface area contributed by atoms with Crippen molar-refractivity contribution in [3.63, 3.8) is 0 Å². The quantitative estimate of drug-likeness (QED) is 0.367. The maximum atomic E-state index is 12.8. The summed E-state index contributed by atoms with van der Waals surface area (Å²) in [6, 6.07) is 10.4. The smallest absolute Gasteiger partial charge is 0.337 e. The third-order valence-electron chi connectivity index (χ3n) is 4.43. The topological polar surface area (TPSA) is 77.4 Å². The molecule has 9 heteroatoms. The molecule has 1 aliphatic rings. The third kappa shape index (κ3) is 5.34. The number of carbonyl (C=O) groups excluding carboxylic acids is 2. The maximum Gasteiger partial charge on any atom is 0.337 e. The number of carbonyl (C=O) groups is 2. The van der Waals surface area contributed by atoms with Crippen LogP contribution >= 0.6 is 27.7 Å². The van der Waals surface area contributed by atoms with Gasteiger partial charge in [0.15, 0.2) is 16.7 Å². The van der Waals surface area contributed by atoms with Crippen LogP contribution in [0.2, 0.25) is 0 Å². The summed E-state index contributed by atoms with van der Waals surface area (Å²) in [5.74, 6) is 0.684. The zero-order chi connectivity index (χ0) is 23.3. The summed E-state index contributed by atoms with van der Waals surface area (Å²) in [4.78, 5) is 31.0. The van der Waals surface area contributed by atoms with E-state index in [0.29, 0.717) is 46.0 Å². The molecule has 0 unspecified atom stereocenters. The predicted octanol–water partition coefficient (Wildman–Crippen LogP) is 5.27. The highest BCUT2D eigenvalue weighted by Gasteiger charge is 2.30. The van der Waals surface area contributed by atoms with E-state index in [1.54, 1.807) is 37.4 Å². The Labute approximate surface area is 199 Å². The molecule has 1 aliphatic heterocycles. The summed E-state index contributed by atoms with van der Waals surface area (Å²) >= 11 is 4.81. The number of thioether (sulfide) groups is 1. The van der Waals surface area contributed by atoms with Gasteiger partial charge in [0, 0.05) is 7.05 Å². The van der Waals surface area contributed by atoms with Gasteiger partial charge in [-0.1, -0.05) is 0 Å². The number of benzene rings is 2. The minimum Gasteiger partial charge on any atom is -0.490 e. The van der Waals surface area contributed by atoms with Crippen LogP contribution in [0.1, 0.15) is 29.8 Å². The van der Waals surface area contributed by atoms with Gasteiger partial charge in [0.1, 0.15) is 0 Å². The van der Waals surface area contributed by atoms with Crippen LogP contribution in [0.15, 0.2) is 50.8 Å². The number of likely N-dealkylation sites (N-methyl/N-ethyl adjacent to an activating group) is 1. The Morgan fingerprint density at radius 2 is 1.84 bits per heavy atom. The van der Waals surface area contributed by atoms with Gasteiger partial charge in [0.05, 0.1) is 41.0 Å². The Morgan fingerprint density at radius 3 is 2.47 bits per heavy atom. The molecule has 3 rings (SSSR count). The van der Waals surface area contributed by atoms with Crippen LogP contribution in [-0.2, 0) is 9.53 Å². The number of rotatable bonds is 7. The van der Waals surface area contributed by atoms with E-state index in [-0.39, 0.29) is 5.91 Å². The molecule has 0 spiro atoms. The van der Waals surface area contributed by atoms with Crippen LogP contribution in [0, 0.1) is 0 Å². The second-order valence-electron chi connectivity index (χ2n) is 6.60. The second-order valence-corrected chi connectivity index (χ2v) is 8.47. The SMILES string of the molecule is CCOc1cc(/C=C2\SC(=Nc3ccc(C(=O)OC)cc3)N(C)C2=O)cc(Br)c1OCC. The number of hydrogen-bond acceptors (Lipinski definition) is 7. The van der Waals surface area contributed by atoms with E-state index < -0.39 is 5.97 Å². The number of amidine groups is 1. The van der Waals surface area contributed by atoms with Gasteiger partial charge in [0.2, 0.25) is 0 Å². The number of aliphatic imine (C=N–C) groups is 1. The van der Waals surface area contributed by atoms with Gasteiger partial charge in [-0.15, -0.1) is 0 Å². The third-order valence-corrected chi connectivity index (χ3v) is 6.08. The van der Waals surface area contributed by atoms with Crippen molar-refractivity contribution in [1.29, 1.82) is 0 Å². The molecule has 0 radical (unpaired) electrons. The Balaban J connectivity index is 1.88. The summed E-state index contributed by atoms with van der Waals surface area (Å²) in [7, 11) is 3.01. The van der Waals surface area contributed by atoms with Gasteiger partial charge in [-0.25, -0.2) is 9.79 Å². The molecule has 7 nitrogen and oxygen atoms in total. The lowest BCUT2D eigenvalue weighted by Crippen LogP contribution is -2.23. The fourth-order valence-electron chi connectivity index (χ4n) is 2.92. The van der Waals surface area contributed by atoms with Gasteiger partial charge in [-0.2, -0.15) is 0 Å². The number of halogens is 1. The van der Waals surface area contributed by atoms with Crippen molar-refractivity contribution >= 4 is 56.5 Å². The number of ether oxygens (including phenoxy) is 3. The molecule has 168 valence electrons. The first-order valence-electron chi connectivity index (χ1n) is 9.91. The first kappa shape index (κ1) is 23.9. The fraction of sp³-hybridized carbons (Fsp3) is 0.261. The molecule has 2 aromatic rings. The van der Waals surface area contributed by atoms with Crippen LogP contribution in [-0.4, -0.2) is 49.3 Å². The zero-order valence-corrected chi connectivity index (χ0v) is 20.6. The van der Waals surface area contributed by atoms with E-state index in [0.717, 1.165) is 10.0 Å². The molecule has 0 saturated carbocycles. The number of hydrogen-bond donors (Lipinski definition) is 0. The molecule has 1 saturated heterocycles. The zero-order valence-electron chi connectivity index (χ0n) is 18.2. The van der Waals surface area contributed by atoms with E-state index in [9.17, 15) is 9.59 Å². The molecular formula is C23H23BrN2O5S. The van der Waals surface area contributed by atoms with E-state index in [2.05, 4.69) is 20.9 Å². The fourth-order valence-corrected chi connectivity index (χ4v) is 4.48. The van der Waals surface area contributed by atoms with Crippen molar-refractivity contribution in [3.05, 3.63) is 56.9 Å². The normalized spacial score (nSPS) is 16.0. The molecule has 0 aromatic heterocycles. The Kier molecular flexibility index (Phi) is 7.98. The second kappa shape index (κ2) is 10.7. The van der Waals surface area contributed by atoms with Gasteiger partial charge in [-0.05, 0) is 89.6 Å². The minimum atomic E-state index is -0.412. The highest BCUT2D eigenvalue weighted by Crippen LogP contribution is 2.39. The van der Waals surface area contributed by atoms with E-state index in [1.165, 1.54) is 23.8 Å². The number of esters is 1. The lowest BCUT2D eigenvalue weighted by Gasteiger charge is -2.13. The standard InChI is InChI=1S/C23H23BrN2O5S/c1-5-30-18-12-14(11-17(24)20(18)31-6-2)13-19-21(27)26(3)23(32-19)25-16-9-7-15(8-10-16)22(28)29-4/h7-13H,5-6H2,1-4H3/b19-13-,25-23?. The molecule has 32 heavy (non-hydrogen) atoms. The van der Waals surface area contributed by atoms with Crippen molar-refractivity contribution in [2.45, 2.75) is 13.8 Å². The highest BCUT2D eigenvalue weighted by molar-refractivity contribution is 9.10. The predicted molar refractivity (Wildman–Crippen MR) is 130 cm³/mol. The van der Waals surface area contributed by atoms with Gasteiger partial charge >= 0.3 is 5.97 Å². The molecule has 0 bridgehead atoms. The van der Waals surface area contributed by atoms with Crippen molar-refractivity contribution in [1.82, 2.24) is 4.90 Å². The molecule has 0 N–H and O–H groups in total. The van der Waals surface area contributed by atoms with E-state index in [1.807, 2.05) is 26.0 Å². The maximum absolute atomic E-state index is 12.8. The first-order chi connectivity index (χ1) is 15.4. The highest BCUT2D eigenvalue weighted by atomic mass is 79.9. The summed E-state index contributed by atoms with van der Waals surface area (Å²) in [5.41, 5.74) is 1.87. The summed E-state index contributed by atoms with van der Waals surface area (Å²) in [6.45, 7) is 4.82. The monoisotopic (exact) mass is 518 g/mol. The Morgan fingerprint density at radius 1 is 1.16 bits per heavy atom. The molecule has 2 aromatic carbocycles. The molecule has 1 amide bonds. The van der Waals surface area contributed by atoms with Crippen LogP contribution in [0.25, 0.3) is 6.08 Å². The van der Waals surface area contributed by atoms with Gasteiger partial charge in [-0.3, -0.25) is 9.69 Å². The van der Waals surface area contributed by atoms with Crippen LogP contribution in [0.5, 0.6) is 11.5 Å². The minimum absolute atomic E-state index is 0.150. The van der Waals surface area contributed by atoms with Crippen LogP contribution in [0.3, 0.4) is 0 Å². The van der Waals surface area contributed by atoms with Crippen molar-refractivity contribution < 1.29 is 23.8 Å². The van der Waals surface area contributed by atoms with Crippen molar-refractivity contribution in [2.24, 2.45) is 4.99 Å². The summed E-state index contributed by atoms with van der Waals surface area (Å²) in [5, 5.41) is 0.544. The molecular weight excluding hydrogens is 496 g/mol. The Bertz CT molecular complexity index is 1080. The van der Waals surface area contributed by atoms with Crippen LogP contribution in [0.4, 0.5) is 5.69 Å². The van der Waals surface area contributed by atoms with E-state index >= 15 is 0 Å². The average molecular weight is 519 g/mol. The number of methoxy groups -OCH3 is 1. The van der Waals surface area contributed by atoms with Gasteiger partial charge in [0.25, 0.3) is 5.91 Å². The molecule has 0 aliphatic carbocycles. The lowest BCUT2D eigenvalue weighted by atomic mass is 10.2. The molecule has 1 fully saturated rings. The summed E-state index contributed by atoms with van der Waals surface area (Å²) < 4.78 is 16.8. The number of amides is 1. The van der Waals surface area contributed by atoms with Crippen molar-refractivity contribution in [2.75, 3.05) is 27.4 Å². The molecule has 1 heterocycles. The Hall–Kier alpha value is -2.78. The van der Waals surface area contributed by atoms with Crippen LogP contribution < -0.4 is 9.47 Å². The largest absolute Gasteiger partial charge is 0.490 e. The number of nitrogens with zero attached hydrogens (tertiary/aromatic N) is 2. The first-order valence-corrected chi connectivity index (χ1v) is 11.5. The summed E-state index contributed by atoms with van der Waals surface area (Å²) in [6.07, 6.45) is 1.80. The van der Waals surface area contributed by atoms with Crippen molar-refractivity contribution in [3.8, 4) is 11.5 Å². The lowest BCUT2D eigenvalue weighted by molar-refractivity contribution is -0.121. The van der Waals surface area contributed by atoms with Gasteiger partial charge < -0.3 is 14.2 Å². The average Bonchev–Trinajstić information content (AvgIpc) is 3.04. The molecule has 0 atom stereocenters.